The molecule has 0 spiro atoms. The van der Waals surface area contributed by atoms with Gasteiger partial charge in [0.15, 0.2) is 11.5 Å². The van der Waals surface area contributed by atoms with E-state index in [2.05, 4.69) is 15.6 Å². The number of amides is 1. The van der Waals surface area contributed by atoms with Gasteiger partial charge < -0.3 is 11.1 Å². The lowest BCUT2D eigenvalue weighted by molar-refractivity contribution is 0.102. The van der Waals surface area contributed by atoms with Gasteiger partial charge in [0.25, 0.3) is 5.91 Å². The molecule has 2 aromatic carbocycles. The maximum Gasteiger partial charge on any atom is 0.280 e. The molecule has 1 heterocycles. The van der Waals surface area contributed by atoms with E-state index in [9.17, 15) is 4.79 Å². The Morgan fingerprint density at radius 3 is 2.79 bits per heavy atom. The van der Waals surface area contributed by atoms with E-state index >= 15 is 0 Å². The van der Waals surface area contributed by atoms with Crippen LogP contribution in [-0.2, 0) is 6.54 Å². The smallest absolute Gasteiger partial charge is 0.280 e. The van der Waals surface area contributed by atoms with E-state index in [-0.39, 0.29) is 11.5 Å². The number of benzene rings is 2. The highest BCUT2D eigenvalue weighted by molar-refractivity contribution is 6.30. The molecular weight excluding hydrogens is 326 g/mol. The predicted octanol–water partition coefficient (Wildman–Crippen LogP) is 3.12. The zero-order valence-electron chi connectivity index (χ0n) is 13.0. The normalized spacial score (nSPS) is 10.6. The third-order valence-electron chi connectivity index (χ3n) is 3.49. The first-order valence-corrected chi connectivity index (χ1v) is 7.72. The molecule has 0 fully saturated rings. The number of hydrogen-bond acceptors (Lipinski definition) is 4. The minimum atomic E-state index is -0.393. The van der Waals surface area contributed by atoms with E-state index in [0.29, 0.717) is 17.3 Å². The molecule has 0 bridgehead atoms. The van der Waals surface area contributed by atoms with E-state index in [1.54, 1.807) is 12.1 Å². The molecule has 6 nitrogen and oxygen atoms in total. The van der Waals surface area contributed by atoms with Gasteiger partial charge in [0, 0.05) is 10.7 Å². The Bertz CT molecular complexity index is 890. The highest BCUT2D eigenvalue weighted by Gasteiger charge is 2.17. The van der Waals surface area contributed by atoms with Crippen LogP contribution in [0.25, 0.3) is 0 Å². The van der Waals surface area contributed by atoms with Crippen LogP contribution < -0.4 is 11.1 Å². The van der Waals surface area contributed by atoms with Gasteiger partial charge in [-0.05, 0) is 42.3 Å². The molecule has 122 valence electrons. The summed E-state index contributed by atoms with van der Waals surface area (Å²) in [5, 5.41) is 11.3. The van der Waals surface area contributed by atoms with Crippen molar-refractivity contribution in [3.05, 3.63) is 70.4 Å². The number of aryl methyl sites for hydroxylation is 1. The van der Waals surface area contributed by atoms with Crippen LogP contribution in [0.2, 0.25) is 5.02 Å². The standard InChI is InChI=1S/C17H16ClN5O/c1-11-4-2-7-14(8-11)20-17(24)15-16(19)23(22-21-15)10-12-5-3-6-13(18)9-12/h2-9H,10,19H2,1H3,(H,20,24). The molecule has 1 amide bonds. The van der Waals surface area contributed by atoms with Gasteiger partial charge in [0.05, 0.1) is 6.54 Å². The summed E-state index contributed by atoms with van der Waals surface area (Å²) in [6, 6.07) is 14.8. The summed E-state index contributed by atoms with van der Waals surface area (Å²) in [7, 11) is 0. The van der Waals surface area contributed by atoms with Crippen LogP contribution in [0.1, 0.15) is 21.6 Å². The third kappa shape index (κ3) is 3.55. The van der Waals surface area contributed by atoms with Crippen LogP contribution in [0.5, 0.6) is 0 Å². The topological polar surface area (TPSA) is 85.8 Å². The second-order valence-corrected chi connectivity index (χ2v) is 5.87. The molecule has 0 radical (unpaired) electrons. The fourth-order valence-corrected chi connectivity index (χ4v) is 2.53. The van der Waals surface area contributed by atoms with Gasteiger partial charge in [-0.3, -0.25) is 4.79 Å². The monoisotopic (exact) mass is 341 g/mol. The van der Waals surface area contributed by atoms with Crippen LogP contribution in [0.4, 0.5) is 11.5 Å². The van der Waals surface area contributed by atoms with E-state index < -0.39 is 5.91 Å². The largest absolute Gasteiger partial charge is 0.382 e. The molecule has 0 aliphatic rings. The Hall–Kier alpha value is -2.86. The summed E-state index contributed by atoms with van der Waals surface area (Å²) >= 11 is 5.97. The number of nitrogens with one attached hydrogen (secondary N) is 1. The van der Waals surface area contributed by atoms with Crippen LogP contribution >= 0.6 is 11.6 Å². The molecule has 0 saturated heterocycles. The summed E-state index contributed by atoms with van der Waals surface area (Å²) in [6.45, 7) is 2.34. The lowest BCUT2D eigenvalue weighted by atomic mass is 10.2. The minimum Gasteiger partial charge on any atom is -0.382 e. The van der Waals surface area contributed by atoms with Crippen molar-refractivity contribution in [1.29, 1.82) is 0 Å². The quantitative estimate of drug-likeness (QED) is 0.763. The summed E-state index contributed by atoms with van der Waals surface area (Å²) in [6.07, 6.45) is 0. The lowest BCUT2D eigenvalue weighted by Crippen LogP contribution is -2.15. The van der Waals surface area contributed by atoms with Crippen molar-refractivity contribution in [2.45, 2.75) is 13.5 Å². The maximum absolute atomic E-state index is 12.3. The number of nitrogens with zero attached hydrogens (tertiary/aromatic N) is 3. The Morgan fingerprint density at radius 1 is 1.25 bits per heavy atom. The molecule has 3 N–H and O–H groups in total. The molecule has 1 aromatic heterocycles. The molecule has 3 rings (SSSR count). The van der Waals surface area contributed by atoms with Crippen molar-refractivity contribution in [3.8, 4) is 0 Å². The number of carbonyl (C=O) groups excluding carboxylic acids is 1. The second-order valence-electron chi connectivity index (χ2n) is 5.43. The number of nitrogens with two attached hydrogens (primary N) is 1. The molecule has 0 aliphatic carbocycles. The van der Waals surface area contributed by atoms with Gasteiger partial charge in [-0.1, -0.05) is 41.1 Å². The Balaban J connectivity index is 1.78. The molecule has 7 heteroatoms. The fourth-order valence-electron chi connectivity index (χ4n) is 2.32. The average molecular weight is 342 g/mol. The van der Waals surface area contributed by atoms with Gasteiger partial charge in [-0.2, -0.15) is 0 Å². The molecule has 0 atom stereocenters. The van der Waals surface area contributed by atoms with Crippen molar-refractivity contribution in [2.24, 2.45) is 0 Å². The summed E-state index contributed by atoms with van der Waals surface area (Å²) in [4.78, 5) is 12.3. The van der Waals surface area contributed by atoms with Crippen LogP contribution in [0, 0.1) is 6.92 Å². The Morgan fingerprint density at radius 2 is 2.04 bits per heavy atom. The van der Waals surface area contributed by atoms with Gasteiger partial charge >= 0.3 is 0 Å². The van der Waals surface area contributed by atoms with Gasteiger partial charge in [-0.25, -0.2) is 4.68 Å². The first-order valence-electron chi connectivity index (χ1n) is 7.34. The molecule has 3 aromatic rings. The van der Waals surface area contributed by atoms with Crippen molar-refractivity contribution < 1.29 is 4.79 Å². The van der Waals surface area contributed by atoms with E-state index in [0.717, 1.165) is 11.1 Å². The molecule has 0 aliphatic heterocycles. The Kier molecular flexibility index (Phi) is 4.48. The van der Waals surface area contributed by atoms with Gasteiger partial charge in [0.2, 0.25) is 0 Å². The minimum absolute atomic E-state index is 0.0959. The molecule has 0 unspecified atom stereocenters. The van der Waals surface area contributed by atoms with E-state index in [1.165, 1.54) is 4.68 Å². The molecular formula is C17H16ClN5O. The second kappa shape index (κ2) is 6.72. The van der Waals surface area contributed by atoms with Crippen LogP contribution in [-0.4, -0.2) is 20.9 Å². The lowest BCUT2D eigenvalue weighted by Gasteiger charge is -2.06. The van der Waals surface area contributed by atoms with Crippen molar-refractivity contribution in [3.63, 3.8) is 0 Å². The number of halogens is 1. The number of hydrogen-bond donors (Lipinski definition) is 2. The molecule has 24 heavy (non-hydrogen) atoms. The zero-order valence-corrected chi connectivity index (χ0v) is 13.8. The highest BCUT2D eigenvalue weighted by Crippen LogP contribution is 2.16. The number of rotatable bonds is 4. The summed E-state index contributed by atoms with van der Waals surface area (Å²) in [5.74, 6) is -0.185. The van der Waals surface area contributed by atoms with E-state index in [1.807, 2.05) is 43.3 Å². The first-order chi connectivity index (χ1) is 11.5. The van der Waals surface area contributed by atoms with E-state index in [4.69, 9.17) is 17.3 Å². The zero-order chi connectivity index (χ0) is 17.1. The summed E-state index contributed by atoms with van der Waals surface area (Å²) < 4.78 is 1.47. The third-order valence-corrected chi connectivity index (χ3v) is 3.72. The average Bonchev–Trinajstić information content (AvgIpc) is 2.88. The van der Waals surface area contributed by atoms with Crippen molar-refractivity contribution in [1.82, 2.24) is 15.0 Å². The van der Waals surface area contributed by atoms with Gasteiger partial charge in [-0.15, -0.1) is 5.10 Å². The van der Waals surface area contributed by atoms with Crippen molar-refractivity contribution in [2.75, 3.05) is 11.1 Å². The van der Waals surface area contributed by atoms with Crippen molar-refractivity contribution >= 4 is 29.0 Å². The predicted molar refractivity (Wildman–Crippen MR) is 94.1 cm³/mol. The highest BCUT2D eigenvalue weighted by atomic mass is 35.5. The first kappa shape index (κ1) is 16.0. The number of aromatic nitrogens is 3. The van der Waals surface area contributed by atoms with Crippen LogP contribution in [0.3, 0.4) is 0 Å². The molecule has 0 saturated carbocycles. The number of nitrogen functional groups attached to an aromatic ring is 1. The maximum atomic E-state index is 12.3. The summed E-state index contributed by atoms with van der Waals surface area (Å²) in [5.41, 5.74) is 8.77. The Labute approximate surface area is 144 Å². The number of carbonyl (C=O) groups is 1. The van der Waals surface area contributed by atoms with Gasteiger partial charge in [0.1, 0.15) is 0 Å². The SMILES string of the molecule is Cc1cccc(NC(=O)c2nnn(Cc3cccc(Cl)c3)c2N)c1. The van der Waals surface area contributed by atoms with Crippen LogP contribution in [0.15, 0.2) is 48.5 Å². The number of anilines is 2. The fraction of sp³-hybridized carbons (Fsp3) is 0.118.